The van der Waals surface area contributed by atoms with Crippen LogP contribution in [0.15, 0.2) is 36.4 Å². The Morgan fingerprint density at radius 2 is 1.72 bits per heavy atom. The summed E-state index contributed by atoms with van der Waals surface area (Å²) < 4.78 is 5.00. The summed E-state index contributed by atoms with van der Waals surface area (Å²) in [7, 11) is 1.66. The van der Waals surface area contributed by atoms with Gasteiger partial charge in [0.25, 0.3) is 5.91 Å². The normalized spacial score (nSPS) is 14.1. The molecule has 0 saturated carbocycles. The Labute approximate surface area is 208 Å². The molecule has 1 unspecified atom stereocenters. The maximum atomic E-state index is 13.2. The topological polar surface area (TPSA) is 154 Å². The van der Waals surface area contributed by atoms with Crippen molar-refractivity contribution in [3.05, 3.63) is 42.1 Å². The summed E-state index contributed by atoms with van der Waals surface area (Å²) in [5.41, 5.74) is 0.745. The molecule has 0 bridgehead atoms. The average molecular weight is 499 g/mol. The SMILES string of the molecule is CCOC(=O)N1CCN(C(=O)C(CCC(=O)O)NC(=O)c2cc(NC)nc(-c3ccccc3)n2)CC1. The summed E-state index contributed by atoms with van der Waals surface area (Å²) in [6, 6.07) is 9.51. The minimum Gasteiger partial charge on any atom is -0.481 e. The molecule has 0 aliphatic carbocycles. The van der Waals surface area contributed by atoms with Crippen LogP contribution in [0.1, 0.15) is 30.3 Å². The molecule has 1 saturated heterocycles. The van der Waals surface area contributed by atoms with Crippen LogP contribution < -0.4 is 10.6 Å². The maximum absolute atomic E-state index is 13.2. The first-order chi connectivity index (χ1) is 17.3. The van der Waals surface area contributed by atoms with Gasteiger partial charge in [0.15, 0.2) is 5.82 Å². The molecule has 2 heterocycles. The second kappa shape index (κ2) is 12.5. The molecule has 1 atom stereocenters. The van der Waals surface area contributed by atoms with Crippen molar-refractivity contribution in [2.24, 2.45) is 0 Å². The van der Waals surface area contributed by atoms with Crippen LogP contribution in [0.5, 0.6) is 0 Å². The Kier molecular flexibility index (Phi) is 9.14. The van der Waals surface area contributed by atoms with E-state index >= 15 is 0 Å². The van der Waals surface area contributed by atoms with E-state index in [4.69, 9.17) is 9.84 Å². The second-order valence-electron chi connectivity index (χ2n) is 8.05. The fraction of sp³-hybridized carbons (Fsp3) is 0.417. The predicted molar refractivity (Wildman–Crippen MR) is 130 cm³/mol. The van der Waals surface area contributed by atoms with E-state index in [0.717, 1.165) is 0 Å². The Bertz CT molecular complexity index is 1090. The van der Waals surface area contributed by atoms with Crippen molar-refractivity contribution < 1.29 is 29.0 Å². The molecule has 3 rings (SSSR count). The number of ether oxygens (including phenoxy) is 1. The van der Waals surface area contributed by atoms with Crippen molar-refractivity contribution in [3.63, 3.8) is 0 Å². The van der Waals surface area contributed by atoms with E-state index in [-0.39, 0.29) is 51.3 Å². The number of carbonyl (C=O) groups excluding carboxylic acids is 3. The fourth-order valence-corrected chi connectivity index (χ4v) is 3.71. The smallest absolute Gasteiger partial charge is 0.409 e. The first-order valence-electron chi connectivity index (χ1n) is 11.7. The maximum Gasteiger partial charge on any atom is 0.409 e. The van der Waals surface area contributed by atoms with Gasteiger partial charge in [-0.15, -0.1) is 0 Å². The van der Waals surface area contributed by atoms with Gasteiger partial charge >= 0.3 is 12.1 Å². The molecule has 0 radical (unpaired) electrons. The van der Waals surface area contributed by atoms with Gasteiger partial charge in [-0.1, -0.05) is 30.3 Å². The lowest BCUT2D eigenvalue weighted by molar-refractivity contribution is -0.138. The van der Waals surface area contributed by atoms with E-state index in [1.54, 1.807) is 14.0 Å². The number of nitrogens with one attached hydrogen (secondary N) is 2. The van der Waals surface area contributed by atoms with Gasteiger partial charge in [0.1, 0.15) is 17.6 Å². The molecular weight excluding hydrogens is 468 g/mol. The van der Waals surface area contributed by atoms with Gasteiger partial charge in [-0.2, -0.15) is 0 Å². The molecule has 12 nitrogen and oxygen atoms in total. The number of aromatic nitrogens is 2. The quantitative estimate of drug-likeness (QED) is 0.466. The zero-order chi connectivity index (χ0) is 26.1. The van der Waals surface area contributed by atoms with Crippen molar-refractivity contribution in [1.29, 1.82) is 0 Å². The summed E-state index contributed by atoms with van der Waals surface area (Å²) in [5, 5.41) is 14.7. The second-order valence-corrected chi connectivity index (χ2v) is 8.05. The molecule has 1 fully saturated rings. The third-order valence-corrected chi connectivity index (χ3v) is 5.61. The van der Waals surface area contributed by atoms with Crippen LogP contribution in [0.2, 0.25) is 0 Å². The number of piperazine rings is 1. The minimum atomic E-state index is -1.08. The fourth-order valence-electron chi connectivity index (χ4n) is 3.71. The van der Waals surface area contributed by atoms with Gasteiger partial charge in [0.05, 0.1) is 6.61 Å². The van der Waals surface area contributed by atoms with Crippen LogP contribution in [-0.4, -0.2) is 94.6 Å². The van der Waals surface area contributed by atoms with E-state index in [0.29, 0.717) is 17.2 Å². The first-order valence-corrected chi connectivity index (χ1v) is 11.7. The predicted octanol–water partition coefficient (Wildman–Crippen LogP) is 1.45. The Morgan fingerprint density at radius 1 is 1.06 bits per heavy atom. The summed E-state index contributed by atoms with van der Waals surface area (Å²) in [6.45, 7) is 3.02. The largest absolute Gasteiger partial charge is 0.481 e. The molecule has 3 N–H and O–H groups in total. The molecule has 1 aliphatic heterocycles. The molecule has 12 heteroatoms. The average Bonchev–Trinajstić information content (AvgIpc) is 2.90. The molecule has 1 aromatic carbocycles. The number of amides is 3. The number of carboxylic acids is 1. The molecule has 1 aliphatic rings. The number of carboxylic acid groups (broad SMARTS) is 1. The highest BCUT2D eigenvalue weighted by molar-refractivity contribution is 5.97. The lowest BCUT2D eigenvalue weighted by Gasteiger charge is -2.35. The van der Waals surface area contributed by atoms with Gasteiger partial charge in [-0.05, 0) is 13.3 Å². The third kappa shape index (κ3) is 6.90. The molecule has 2 aromatic rings. The van der Waals surface area contributed by atoms with E-state index in [2.05, 4.69) is 20.6 Å². The molecule has 0 spiro atoms. The minimum absolute atomic E-state index is 0.0356. The highest BCUT2D eigenvalue weighted by atomic mass is 16.6. The van der Waals surface area contributed by atoms with Crippen LogP contribution >= 0.6 is 0 Å². The van der Waals surface area contributed by atoms with Crippen molar-refractivity contribution in [3.8, 4) is 11.4 Å². The van der Waals surface area contributed by atoms with E-state index in [9.17, 15) is 19.2 Å². The van der Waals surface area contributed by atoms with Gasteiger partial charge < -0.3 is 30.3 Å². The number of hydrogen-bond acceptors (Lipinski definition) is 8. The van der Waals surface area contributed by atoms with Crippen LogP contribution in [0.3, 0.4) is 0 Å². The first kappa shape index (κ1) is 26.4. The molecule has 1 aromatic heterocycles. The lowest BCUT2D eigenvalue weighted by atomic mass is 10.1. The summed E-state index contributed by atoms with van der Waals surface area (Å²) >= 11 is 0. The van der Waals surface area contributed by atoms with Crippen LogP contribution in [0, 0.1) is 0 Å². The number of carbonyl (C=O) groups is 4. The Morgan fingerprint density at radius 3 is 2.33 bits per heavy atom. The van der Waals surface area contributed by atoms with Gasteiger partial charge in [0, 0.05) is 51.3 Å². The third-order valence-electron chi connectivity index (χ3n) is 5.61. The molecule has 3 amide bonds. The van der Waals surface area contributed by atoms with E-state index in [1.165, 1.54) is 15.9 Å². The number of nitrogens with zero attached hydrogens (tertiary/aromatic N) is 4. The Hall–Kier alpha value is -4.22. The van der Waals surface area contributed by atoms with Gasteiger partial charge in [-0.25, -0.2) is 14.8 Å². The van der Waals surface area contributed by atoms with Crippen LogP contribution in [-0.2, 0) is 14.3 Å². The molecule has 36 heavy (non-hydrogen) atoms. The lowest BCUT2D eigenvalue weighted by Crippen LogP contribution is -2.56. The monoisotopic (exact) mass is 498 g/mol. The van der Waals surface area contributed by atoms with E-state index in [1.807, 2.05) is 30.3 Å². The summed E-state index contributed by atoms with van der Waals surface area (Å²) in [4.78, 5) is 61.3. The van der Waals surface area contributed by atoms with Crippen LogP contribution in [0.25, 0.3) is 11.4 Å². The zero-order valence-electron chi connectivity index (χ0n) is 20.3. The summed E-state index contributed by atoms with van der Waals surface area (Å²) in [5.74, 6) is -1.38. The number of aliphatic carboxylic acids is 1. The van der Waals surface area contributed by atoms with Crippen molar-refractivity contribution in [1.82, 2.24) is 25.1 Å². The standard InChI is InChI=1S/C24H30N6O6/c1-3-36-24(35)30-13-11-29(12-14-30)23(34)17(9-10-20(31)32)27-22(33)18-15-19(25-2)28-21(26-18)16-7-5-4-6-8-16/h4-8,15,17H,3,9-14H2,1-2H3,(H,27,33)(H,31,32)(H,25,26,28). The molecular formula is C24H30N6O6. The highest BCUT2D eigenvalue weighted by Gasteiger charge is 2.31. The molecule has 192 valence electrons. The van der Waals surface area contributed by atoms with Gasteiger partial charge in [-0.3, -0.25) is 14.4 Å². The van der Waals surface area contributed by atoms with Gasteiger partial charge in [0.2, 0.25) is 5.91 Å². The van der Waals surface area contributed by atoms with Crippen LogP contribution in [0.4, 0.5) is 10.6 Å². The van der Waals surface area contributed by atoms with Crippen molar-refractivity contribution in [2.45, 2.75) is 25.8 Å². The number of hydrogen-bond donors (Lipinski definition) is 3. The summed E-state index contributed by atoms with van der Waals surface area (Å²) in [6.07, 6.45) is -0.841. The Balaban J connectivity index is 1.76. The number of anilines is 1. The zero-order valence-corrected chi connectivity index (χ0v) is 20.3. The van der Waals surface area contributed by atoms with Crippen molar-refractivity contribution in [2.75, 3.05) is 45.2 Å². The van der Waals surface area contributed by atoms with Crippen molar-refractivity contribution >= 4 is 29.7 Å². The highest BCUT2D eigenvalue weighted by Crippen LogP contribution is 2.18. The van der Waals surface area contributed by atoms with E-state index < -0.39 is 29.9 Å². The number of rotatable bonds is 9. The number of benzene rings is 1.